The van der Waals surface area contributed by atoms with Gasteiger partial charge in [0.15, 0.2) is 0 Å². The van der Waals surface area contributed by atoms with Gasteiger partial charge in [0.25, 0.3) is 0 Å². The molecule has 3 rings (SSSR count). The molecule has 2 aromatic rings. The molecule has 0 saturated carbocycles. The van der Waals surface area contributed by atoms with Crippen molar-refractivity contribution in [2.75, 3.05) is 43.4 Å². The molecule has 1 unspecified atom stereocenters. The van der Waals surface area contributed by atoms with Gasteiger partial charge in [0.1, 0.15) is 0 Å². The summed E-state index contributed by atoms with van der Waals surface area (Å²) in [7, 11) is 0. The average molecular weight is 407 g/mol. The van der Waals surface area contributed by atoms with E-state index in [0.717, 1.165) is 39.1 Å². The highest BCUT2D eigenvalue weighted by atomic mass is 35.5. The van der Waals surface area contributed by atoms with Gasteiger partial charge in [-0.25, -0.2) is 0 Å². The Bertz CT molecular complexity index is 662. The smallest absolute Gasteiger partial charge is 0.0707 e. The van der Waals surface area contributed by atoms with E-state index in [0.29, 0.717) is 0 Å². The maximum atomic E-state index is 10.4. The third kappa shape index (κ3) is 6.72. The number of β-amino-alcohol motifs (C(OH)–C–C–N with tert-alkyl or cyclic N) is 1. The maximum Gasteiger partial charge on any atom is 0.0707 e. The molecule has 1 aliphatic heterocycles. The van der Waals surface area contributed by atoms with Crippen LogP contribution in [0.2, 0.25) is 0 Å². The fraction of sp³-hybridized carbons (Fsp3) is 0.455. The van der Waals surface area contributed by atoms with Crippen LogP contribution in [-0.2, 0) is 6.42 Å². The third-order valence-electron chi connectivity index (χ3n) is 4.82. The number of benzene rings is 2. The molecule has 5 heteroatoms. The summed E-state index contributed by atoms with van der Waals surface area (Å²) in [6.07, 6.45) is 1.64. The van der Waals surface area contributed by atoms with E-state index in [9.17, 15) is 5.11 Å². The minimum absolute atomic E-state index is 0. The van der Waals surface area contributed by atoms with E-state index < -0.39 is 0 Å². The van der Waals surface area contributed by atoms with Gasteiger partial charge in [0.2, 0.25) is 0 Å². The fourth-order valence-corrected chi connectivity index (χ4v) is 4.42. The van der Waals surface area contributed by atoms with Gasteiger partial charge < -0.3 is 10.0 Å². The van der Waals surface area contributed by atoms with Crippen molar-refractivity contribution in [3.8, 4) is 0 Å². The second-order valence-corrected chi connectivity index (χ2v) is 8.08. The van der Waals surface area contributed by atoms with Crippen LogP contribution in [0.15, 0.2) is 59.5 Å². The summed E-state index contributed by atoms with van der Waals surface area (Å²) in [5.41, 5.74) is 2.58. The number of piperazine rings is 1. The van der Waals surface area contributed by atoms with Crippen LogP contribution in [0.5, 0.6) is 0 Å². The molecule has 148 valence electrons. The molecule has 0 aromatic heterocycles. The van der Waals surface area contributed by atoms with Crippen LogP contribution in [0.1, 0.15) is 18.9 Å². The van der Waals surface area contributed by atoms with Gasteiger partial charge in [-0.15, -0.1) is 24.2 Å². The molecule has 3 nitrogen and oxygen atoms in total. The van der Waals surface area contributed by atoms with Crippen molar-refractivity contribution in [1.82, 2.24) is 4.90 Å². The van der Waals surface area contributed by atoms with Crippen molar-refractivity contribution in [3.05, 3.63) is 60.2 Å². The maximum absolute atomic E-state index is 10.4. The molecule has 1 N–H and O–H groups in total. The molecule has 0 radical (unpaired) electrons. The number of aliphatic hydroxyl groups excluding tert-OH is 1. The SMILES string of the molecule is CCCSc1ccccc1N1CCN(CC(O)Cc2ccccc2)CC1.Cl. The number of hydrogen-bond donors (Lipinski definition) is 1. The Labute approximate surface area is 174 Å². The van der Waals surface area contributed by atoms with E-state index in [1.807, 2.05) is 30.0 Å². The Morgan fingerprint density at radius 2 is 1.63 bits per heavy atom. The van der Waals surface area contributed by atoms with Crippen LogP contribution in [-0.4, -0.2) is 54.6 Å². The Morgan fingerprint density at radius 1 is 0.963 bits per heavy atom. The predicted molar refractivity (Wildman–Crippen MR) is 120 cm³/mol. The number of hydrogen-bond acceptors (Lipinski definition) is 4. The van der Waals surface area contributed by atoms with E-state index in [-0.39, 0.29) is 18.5 Å². The number of aliphatic hydroxyl groups is 1. The highest BCUT2D eigenvalue weighted by Crippen LogP contribution is 2.31. The van der Waals surface area contributed by atoms with Crippen molar-refractivity contribution in [3.63, 3.8) is 0 Å². The summed E-state index contributed by atoms with van der Waals surface area (Å²) < 4.78 is 0. The predicted octanol–water partition coefficient (Wildman–Crippen LogP) is 4.34. The molecule has 2 aromatic carbocycles. The van der Waals surface area contributed by atoms with Gasteiger partial charge in [-0.2, -0.15) is 0 Å². The highest BCUT2D eigenvalue weighted by molar-refractivity contribution is 7.99. The number of thioether (sulfide) groups is 1. The normalized spacial score (nSPS) is 16.0. The zero-order chi connectivity index (χ0) is 18.2. The third-order valence-corrected chi connectivity index (χ3v) is 6.09. The molecule has 1 atom stereocenters. The van der Waals surface area contributed by atoms with E-state index in [2.05, 4.69) is 53.1 Å². The molecule has 1 aliphatic rings. The van der Waals surface area contributed by atoms with Crippen LogP contribution in [0.4, 0.5) is 5.69 Å². The Hall–Kier alpha value is -1.20. The van der Waals surface area contributed by atoms with Crippen LogP contribution < -0.4 is 4.90 Å². The first-order valence-electron chi connectivity index (χ1n) is 9.67. The second kappa shape index (κ2) is 11.6. The number of rotatable bonds is 8. The van der Waals surface area contributed by atoms with Crippen molar-refractivity contribution in [1.29, 1.82) is 0 Å². The topological polar surface area (TPSA) is 26.7 Å². The zero-order valence-electron chi connectivity index (χ0n) is 16.1. The standard InChI is InChI=1S/C22H30N2OS.ClH/c1-2-16-26-22-11-7-6-10-21(22)24-14-12-23(13-15-24)18-20(25)17-19-8-4-3-5-9-19;/h3-11,20,25H,2,12-18H2,1H3;1H. The summed E-state index contributed by atoms with van der Waals surface area (Å²) in [6, 6.07) is 19.0. The van der Waals surface area contributed by atoms with Crippen LogP contribution in [0, 0.1) is 0 Å². The van der Waals surface area contributed by atoms with Crippen molar-refractivity contribution in [2.24, 2.45) is 0 Å². The summed E-state index contributed by atoms with van der Waals surface area (Å²) in [5.74, 6) is 1.17. The molecule has 27 heavy (non-hydrogen) atoms. The minimum Gasteiger partial charge on any atom is -0.391 e. The monoisotopic (exact) mass is 406 g/mol. The van der Waals surface area contributed by atoms with Gasteiger partial charge in [0.05, 0.1) is 11.8 Å². The summed E-state index contributed by atoms with van der Waals surface area (Å²) >= 11 is 1.96. The Balaban J connectivity index is 0.00000261. The Kier molecular flexibility index (Phi) is 9.49. The van der Waals surface area contributed by atoms with Crippen LogP contribution in [0.25, 0.3) is 0 Å². The molecule has 1 saturated heterocycles. The molecule has 0 amide bonds. The first-order valence-corrected chi connectivity index (χ1v) is 10.7. The first-order chi connectivity index (χ1) is 12.8. The van der Waals surface area contributed by atoms with Gasteiger partial charge in [-0.05, 0) is 36.3 Å². The molecule has 1 fully saturated rings. The van der Waals surface area contributed by atoms with Gasteiger partial charge in [-0.1, -0.05) is 49.4 Å². The molecular weight excluding hydrogens is 376 g/mol. The lowest BCUT2D eigenvalue weighted by Crippen LogP contribution is -2.49. The number of anilines is 1. The molecule has 0 aliphatic carbocycles. The average Bonchev–Trinajstić information content (AvgIpc) is 2.68. The largest absolute Gasteiger partial charge is 0.391 e. The lowest BCUT2D eigenvalue weighted by atomic mass is 10.1. The number of halogens is 1. The molecule has 1 heterocycles. The first kappa shape index (κ1) is 22.1. The lowest BCUT2D eigenvalue weighted by molar-refractivity contribution is 0.109. The summed E-state index contributed by atoms with van der Waals surface area (Å²) in [4.78, 5) is 6.29. The second-order valence-electron chi connectivity index (χ2n) is 6.95. The van der Waals surface area contributed by atoms with E-state index >= 15 is 0 Å². The summed E-state index contributed by atoms with van der Waals surface area (Å²) in [5, 5.41) is 10.4. The molecule has 0 spiro atoms. The molecular formula is C22H31ClN2OS. The summed E-state index contributed by atoms with van der Waals surface area (Å²) in [6.45, 7) is 7.07. The Morgan fingerprint density at radius 3 is 2.33 bits per heavy atom. The van der Waals surface area contributed by atoms with Gasteiger partial charge in [0, 0.05) is 37.6 Å². The van der Waals surface area contributed by atoms with Crippen LogP contribution >= 0.6 is 24.2 Å². The zero-order valence-corrected chi connectivity index (χ0v) is 17.7. The van der Waals surface area contributed by atoms with Crippen molar-refractivity contribution < 1.29 is 5.11 Å². The fourth-order valence-electron chi connectivity index (χ4n) is 3.47. The van der Waals surface area contributed by atoms with Gasteiger partial charge in [-0.3, -0.25) is 4.90 Å². The van der Waals surface area contributed by atoms with Crippen molar-refractivity contribution in [2.45, 2.75) is 30.8 Å². The van der Waals surface area contributed by atoms with Crippen LogP contribution in [0.3, 0.4) is 0 Å². The number of para-hydroxylation sites is 1. The quantitative estimate of drug-likeness (QED) is 0.660. The number of nitrogens with zero attached hydrogens (tertiary/aromatic N) is 2. The minimum atomic E-state index is -0.295. The van der Waals surface area contributed by atoms with E-state index in [4.69, 9.17) is 0 Å². The highest BCUT2D eigenvalue weighted by Gasteiger charge is 2.21. The van der Waals surface area contributed by atoms with E-state index in [1.54, 1.807) is 0 Å². The van der Waals surface area contributed by atoms with Gasteiger partial charge >= 0.3 is 0 Å². The van der Waals surface area contributed by atoms with E-state index in [1.165, 1.54) is 28.3 Å². The molecule has 0 bridgehead atoms. The lowest BCUT2D eigenvalue weighted by Gasteiger charge is -2.37. The van der Waals surface area contributed by atoms with Crippen molar-refractivity contribution >= 4 is 29.9 Å².